The topological polar surface area (TPSA) is 49.4 Å². The predicted molar refractivity (Wildman–Crippen MR) is 87.0 cm³/mol. The SMILES string of the molecule is CC(C)NCc1ccc(S(=O)(=O)N2CCSC(C)C2)s1. The van der Waals surface area contributed by atoms with Crippen molar-refractivity contribution < 1.29 is 8.42 Å². The summed E-state index contributed by atoms with van der Waals surface area (Å²) in [5.74, 6) is 0.882. The number of thioether (sulfide) groups is 1. The molecule has 0 aliphatic carbocycles. The second-order valence-corrected chi connectivity index (χ2v) is 10.2. The number of nitrogens with zero attached hydrogens (tertiary/aromatic N) is 1. The smallest absolute Gasteiger partial charge is 0.252 e. The first-order chi connectivity index (χ1) is 9.39. The van der Waals surface area contributed by atoms with Crippen molar-refractivity contribution in [3.8, 4) is 0 Å². The van der Waals surface area contributed by atoms with Crippen LogP contribution in [0, 0.1) is 0 Å². The van der Waals surface area contributed by atoms with Gasteiger partial charge in [-0.05, 0) is 12.1 Å². The monoisotopic (exact) mass is 334 g/mol. The molecule has 1 fully saturated rings. The molecule has 114 valence electrons. The third-order valence-corrected chi connectivity index (χ3v) is 7.67. The molecule has 0 radical (unpaired) electrons. The van der Waals surface area contributed by atoms with Crippen LogP contribution in [0.1, 0.15) is 25.6 Å². The van der Waals surface area contributed by atoms with Crippen molar-refractivity contribution >= 4 is 33.1 Å². The molecule has 2 rings (SSSR count). The molecule has 1 aromatic heterocycles. The van der Waals surface area contributed by atoms with Gasteiger partial charge in [-0.25, -0.2) is 8.42 Å². The molecule has 0 amide bonds. The fourth-order valence-corrected chi connectivity index (χ4v) is 6.24. The summed E-state index contributed by atoms with van der Waals surface area (Å²) in [6.45, 7) is 8.21. The first-order valence-corrected chi connectivity index (χ1v) is 10.1. The molecule has 1 aliphatic heterocycles. The summed E-state index contributed by atoms with van der Waals surface area (Å²) in [5, 5.41) is 3.69. The fraction of sp³-hybridized carbons (Fsp3) is 0.692. The summed E-state index contributed by atoms with van der Waals surface area (Å²) in [4.78, 5) is 1.07. The normalized spacial score (nSPS) is 21.5. The van der Waals surface area contributed by atoms with Crippen molar-refractivity contribution in [3.05, 3.63) is 17.0 Å². The first-order valence-electron chi connectivity index (χ1n) is 6.83. The maximum absolute atomic E-state index is 12.6. The third-order valence-electron chi connectivity index (χ3n) is 3.12. The Balaban J connectivity index is 2.09. The maximum atomic E-state index is 12.6. The van der Waals surface area contributed by atoms with Crippen molar-refractivity contribution in [2.24, 2.45) is 0 Å². The number of hydrogen-bond acceptors (Lipinski definition) is 5. The van der Waals surface area contributed by atoms with E-state index in [0.29, 0.717) is 28.6 Å². The summed E-state index contributed by atoms with van der Waals surface area (Å²) in [5.41, 5.74) is 0. The van der Waals surface area contributed by atoms with Crippen LogP contribution in [0.3, 0.4) is 0 Å². The van der Waals surface area contributed by atoms with Gasteiger partial charge in [-0.3, -0.25) is 0 Å². The van der Waals surface area contributed by atoms with Crippen molar-refractivity contribution in [3.63, 3.8) is 0 Å². The van der Waals surface area contributed by atoms with Crippen LogP contribution in [0.5, 0.6) is 0 Å². The van der Waals surface area contributed by atoms with Crippen molar-refractivity contribution in [2.75, 3.05) is 18.8 Å². The summed E-state index contributed by atoms with van der Waals surface area (Å²) >= 11 is 3.21. The van der Waals surface area contributed by atoms with Crippen LogP contribution < -0.4 is 5.32 Å². The van der Waals surface area contributed by atoms with Gasteiger partial charge in [0.05, 0.1) is 0 Å². The Labute approximate surface area is 130 Å². The molecule has 1 atom stereocenters. The van der Waals surface area contributed by atoms with Gasteiger partial charge in [0.1, 0.15) is 4.21 Å². The van der Waals surface area contributed by atoms with E-state index < -0.39 is 10.0 Å². The summed E-state index contributed by atoms with van der Waals surface area (Å²) in [6.07, 6.45) is 0. The van der Waals surface area contributed by atoms with E-state index in [4.69, 9.17) is 0 Å². The Kier molecular flexibility index (Phi) is 5.53. The van der Waals surface area contributed by atoms with Crippen LogP contribution in [0.25, 0.3) is 0 Å². The molecule has 1 N–H and O–H groups in total. The number of thiophene rings is 1. The fourth-order valence-electron chi connectivity index (χ4n) is 2.03. The number of rotatable bonds is 5. The van der Waals surface area contributed by atoms with Gasteiger partial charge in [-0.15, -0.1) is 11.3 Å². The zero-order valence-electron chi connectivity index (χ0n) is 12.1. The van der Waals surface area contributed by atoms with Crippen LogP contribution in [-0.2, 0) is 16.6 Å². The molecule has 20 heavy (non-hydrogen) atoms. The highest BCUT2D eigenvalue weighted by molar-refractivity contribution is 8.00. The van der Waals surface area contributed by atoms with Crippen LogP contribution >= 0.6 is 23.1 Å². The second kappa shape index (κ2) is 6.79. The van der Waals surface area contributed by atoms with Gasteiger partial charge in [0.15, 0.2) is 0 Å². The molecule has 0 aromatic carbocycles. The summed E-state index contributed by atoms with van der Waals surface area (Å²) < 4.78 is 27.3. The molecule has 1 saturated heterocycles. The molecule has 1 aliphatic rings. The minimum atomic E-state index is -3.30. The molecule has 2 heterocycles. The minimum absolute atomic E-state index is 0.376. The minimum Gasteiger partial charge on any atom is -0.310 e. The lowest BCUT2D eigenvalue weighted by molar-refractivity contribution is 0.425. The predicted octanol–water partition coefficient (Wildman–Crippen LogP) is 2.37. The highest BCUT2D eigenvalue weighted by Gasteiger charge is 2.30. The second-order valence-electron chi connectivity index (χ2n) is 5.30. The Bertz CT molecular complexity index is 540. The quantitative estimate of drug-likeness (QED) is 0.898. The van der Waals surface area contributed by atoms with E-state index in [1.807, 2.05) is 17.8 Å². The van der Waals surface area contributed by atoms with E-state index >= 15 is 0 Å². The van der Waals surface area contributed by atoms with Gasteiger partial charge in [-0.1, -0.05) is 20.8 Å². The molecule has 4 nitrogen and oxygen atoms in total. The molecule has 7 heteroatoms. The van der Waals surface area contributed by atoms with Gasteiger partial charge in [0, 0.05) is 41.6 Å². The van der Waals surface area contributed by atoms with E-state index in [1.165, 1.54) is 11.3 Å². The lowest BCUT2D eigenvalue weighted by Gasteiger charge is -2.29. The highest BCUT2D eigenvalue weighted by Crippen LogP contribution is 2.28. The van der Waals surface area contributed by atoms with Crippen LogP contribution in [0.15, 0.2) is 16.3 Å². The number of hydrogen-bond donors (Lipinski definition) is 1. The Morgan fingerprint density at radius 1 is 1.45 bits per heavy atom. The summed E-state index contributed by atoms with van der Waals surface area (Å²) in [6, 6.07) is 4.05. The molecule has 0 bridgehead atoms. The molecular formula is C13H22N2O2S3. The number of nitrogens with one attached hydrogen (secondary N) is 1. The van der Waals surface area contributed by atoms with Crippen LogP contribution in [0.4, 0.5) is 0 Å². The number of sulfonamides is 1. The van der Waals surface area contributed by atoms with Crippen molar-refractivity contribution in [1.82, 2.24) is 9.62 Å². The molecule has 0 spiro atoms. The maximum Gasteiger partial charge on any atom is 0.252 e. The van der Waals surface area contributed by atoms with Crippen LogP contribution in [0.2, 0.25) is 0 Å². The van der Waals surface area contributed by atoms with Gasteiger partial charge >= 0.3 is 0 Å². The van der Waals surface area contributed by atoms with E-state index in [0.717, 1.165) is 17.2 Å². The third kappa shape index (κ3) is 3.98. The molecule has 1 unspecified atom stereocenters. The molecule has 0 saturated carbocycles. The molecular weight excluding hydrogens is 312 g/mol. The van der Waals surface area contributed by atoms with Crippen LogP contribution in [-0.4, -0.2) is 42.9 Å². The standard InChI is InChI=1S/C13H22N2O2S3/c1-10(2)14-8-12-4-5-13(19-12)20(16,17)15-6-7-18-11(3)9-15/h4-5,10-11,14H,6-9H2,1-3H3. The van der Waals surface area contributed by atoms with E-state index in [2.05, 4.69) is 26.1 Å². The van der Waals surface area contributed by atoms with E-state index in [1.54, 1.807) is 10.4 Å². The largest absolute Gasteiger partial charge is 0.310 e. The van der Waals surface area contributed by atoms with E-state index in [9.17, 15) is 8.42 Å². The Morgan fingerprint density at radius 2 is 2.20 bits per heavy atom. The lowest BCUT2D eigenvalue weighted by Crippen LogP contribution is -2.40. The average Bonchev–Trinajstić information content (AvgIpc) is 2.86. The Morgan fingerprint density at radius 3 is 2.85 bits per heavy atom. The summed E-state index contributed by atoms with van der Waals surface area (Å²) in [7, 11) is -3.30. The lowest BCUT2D eigenvalue weighted by atomic mass is 10.4. The zero-order chi connectivity index (χ0) is 14.8. The van der Waals surface area contributed by atoms with Gasteiger partial charge in [-0.2, -0.15) is 16.1 Å². The Hall–Kier alpha value is -0.0800. The molecule has 1 aromatic rings. The van der Waals surface area contributed by atoms with Gasteiger partial charge < -0.3 is 5.32 Å². The van der Waals surface area contributed by atoms with Crippen molar-refractivity contribution in [2.45, 2.75) is 42.8 Å². The van der Waals surface area contributed by atoms with Gasteiger partial charge in [0.2, 0.25) is 0 Å². The van der Waals surface area contributed by atoms with Crippen molar-refractivity contribution in [1.29, 1.82) is 0 Å². The average molecular weight is 335 g/mol. The zero-order valence-corrected chi connectivity index (χ0v) is 14.6. The van der Waals surface area contributed by atoms with Gasteiger partial charge in [0.25, 0.3) is 10.0 Å². The first kappa shape index (κ1) is 16.3. The van der Waals surface area contributed by atoms with E-state index in [-0.39, 0.29) is 0 Å². The highest BCUT2D eigenvalue weighted by atomic mass is 32.2.